The van der Waals surface area contributed by atoms with Crippen molar-refractivity contribution in [1.82, 2.24) is 29.9 Å². The topological polar surface area (TPSA) is 60.6 Å². The first-order chi connectivity index (χ1) is 10.2. The lowest BCUT2D eigenvalue weighted by Crippen LogP contribution is -2.22. The summed E-state index contributed by atoms with van der Waals surface area (Å²) in [5.74, 6) is 0.832. The van der Waals surface area contributed by atoms with Gasteiger partial charge in [0.1, 0.15) is 6.33 Å². The van der Waals surface area contributed by atoms with Crippen LogP contribution in [0.15, 0.2) is 18.6 Å². The fourth-order valence-corrected chi connectivity index (χ4v) is 2.79. The second-order valence-corrected chi connectivity index (χ2v) is 6.12. The molecule has 3 rings (SSSR count). The van der Waals surface area contributed by atoms with Crippen molar-refractivity contribution in [3.63, 3.8) is 0 Å². The van der Waals surface area contributed by atoms with Crippen LogP contribution in [0, 0.1) is 0 Å². The molecule has 6 nitrogen and oxygen atoms in total. The van der Waals surface area contributed by atoms with E-state index in [1.165, 1.54) is 25.7 Å². The van der Waals surface area contributed by atoms with E-state index in [1.807, 2.05) is 4.68 Å². The molecule has 2 aromatic heterocycles. The molecule has 2 aromatic rings. The molecule has 21 heavy (non-hydrogen) atoms. The Bertz CT molecular complexity index is 564. The largest absolute Gasteiger partial charge is 0.308 e. The van der Waals surface area contributed by atoms with E-state index < -0.39 is 0 Å². The van der Waals surface area contributed by atoms with Crippen LogP contribution in [0.3, 0.4) is 0 Å². The van der Waals surface area contributed by atoms with Crippen LogP contribution in [-0.2, 0) is 13.1 Å². The van der Waals surface area contributed by atoms with Crippen LogP contribution < -0.4 is 5.32 Å². The van der Waals surface area contributed by atoms with Gasteiger partial charge in [-0.05, 0) is 18.9 Å². The van der Waals surface area contributed by atoms with E-state index in [2.05, 4.69) is 51.3 Å². The van der Waals surface area contributed by atoms with Gasteiger partial charge < -0.3 is 5.32 Å². The highest BCUT2D eigenvalue weighted by Crippen LogP contribution is 2.28. The van der Waals surface area contributed by atoms with Crippen LogP contribution in [-0.4, -0.2) is 30.6 Å². The average molecular weight is 288 g/mol. The molecule has 1 N–H and O–H groups in total. The predicted molar refractivity (Wildman–Crippen MR) is 80.8 cm³/mol. The number of nitrogens with one attached hydrogen (secondary N) is 1. The number of nitrogens with zero attached hydrogens (tertiary/aromatic N) is 5. The Morgan fingerprint density at radius 2 is 2.10 bits per heavy atom. The summed E-state index contributed by atoms with van der Waals surface area (Å²) in [6.07, 6.45) is 9.06. The molecule has 0 atom stereocenters. The second-order valence-electron chi connectivity index (χ2n) is 6.12. The molecule has 0 spiro atoms. The van der Waals surface area contributed by atoms with Crippen molar-refractivity contribution in [3.8, 4) is 0 Å². The van der Waals surface area contributed by atoms with Crippen molar-refractivity contribution >= 4 is 0 Å². The zero-order valence-electron chi connectivity index (χ0n) is 12.9. The van der Waals surface area contributed by atoms with Gasteiger partial charge in [-0.3, -0.25) is 4.68 Å². The highest BCUT2D eigenvalue weighted by atomic mass is 15.4. The summed E-state index contributed by atoms with van der Waals surface area (Å²) in [5.41, 5.74) is 1.05. The minimum atomic E-state index is 0.444. The lowest BCUT2D eigenvalue weighted by atomic mass is 10.3. The fourth-order valence-electron chi connectivity index (χ4n) is 2.79. The van der Waals surface area contributed by atoms with Crippen molar-refractivity contribution < 1.29 is 0 Å². The van der Waals surface area contributed by atoms with Gasteiger partial charge in [-0.25, -0.2) is 9.67 Å². The van der Waals surface area contributed by atoms with E-state index in [4.69, 9.17) is 0 Å². The minimum absolute atomic E-state index is 0.444. The Hall–Kier alpha value is -1.69. The van der Waals surface area contributed by atoms with Gasteiger partial charge in [0.25, 0.3) is 0 Å². The van der Waals surface area contributed by atoms with Crippen molar-refractivity contribution in [2.45, 2.75) is 64.7 Å². The van der Waals surface area contributed by atoms with Gasteiger partial charge in [0, 0.05) is 12.2 Å². The molecule has 114 valence electrons. The van der Waals surface area contributed by atoms with Crippen LogP contribution in [0.25, 0.3) is 0 Å². The highest BCUT2D eigenvalue weighted by Gasteiger charge is 2.17. The molecule has 0 unspecified atom stereocenters. The molecule has 0 aromatic carbocycles. The molecule has 1 fully saturated rings. The van der Waals surface area contributed by atoms with E-state index >= 15 is 0 Å². The quantitative estimate of drug-likeness (QED) is 0.884. The van der Waals surface area contributed by atoms with Gasteiger partial charge in [0.15, 0.2) is 5.82 Å². The maximum atomic E-state index is 4.68. The second kappa shape index (κ2) is 6.39. The summed E-state index contributed by atoms with van der Waals surface area (Å²) in [6.45, 7) is 5.63. The molecule has 0 radical (unpaired) electrons. The number of hydrogen-bond acceptors (Lipinski definition) is 4. The molecule has 1 saturated carbocycles. The van der Waals surface area contributed by atoms with Gasteiger partial charge in [-0.2, -0.15) is 10.2 Å². The van der Waals surface area contributed by atoms with Crippen LogP contribution in [0.1, 0.15) is 57.1 Å². The van der Waals surface area contributed by atoms with Gasteiger partial charge in [-0.1, -0.05) is 26.7 Å². The summed E-state index contributed by atoms with van der Waals surface area (Å²) in [4.78, 5) is 4.32. The van der Waals surface area contributed by atoms with Crippen LogP contribution in [0.2, 0.25) is 0 Å². The third-order valence-corrected chi connectivity index (χ3v) is 3.94. The summed E-state index contributed by atoms with van der Waals surface area (Å²) >= 11 is 0. The maximum absolute atomic E-state index is 4.68. The van der Waals surface area contributed by atoms with Gasteiger partial charge in [0.05, 0.1) is 24.8 Å². The summed E-state index contributed by atoms with van der Waals surface area (Å²) in [6, 6.07) is 3.13. The minimum Gasteiger partial charge on any atom is -0.308 e. The van der Waals surface area contributed by atoms with Crippen molar-refractivity contribution in [1.29, 1.82) is 0 Å². The number of hydrogen-bond donors (Lipinski definition) is 1. The van der Waals surface area contributed by atoms with Gasteiger partial charge >= 0.3 is 0 Å². The first-order valence-corrected chi connectivity index (χ1v) is 7.86. The maximum Gasteiger partial charge on any atom is 0.164 e. The fraction of sp³-hybridized carbons (Fsp3) is 0.667. The van der Waals surface area contributed by atoms with Gasteiger partial charge in [0.2, 0.25) is 0 Å². The zero-order valence-corrected chi connectivity index (χ0v) is 12.9. The molecule has 0 aliphatic heterocycles. The normalized spacial score (nSPS) is 16.1. The van der Waals surface area contributed by atoms with E-state index in [9.17, 15) is 0 Å². The summed E-state index contributed by atoms with van der Waals surface area (Å²) in [7, 11) is 0. The van der Waals surface area contributed by atoms with Crippen molar-refractivity contribution in [2.24, 2.45) is 0 Å². The molecule has 1 aliphatic carbocycles. The van der Waals surface area contributed by atoms with Crippen molar-refractivity contribution in [2.75, 3.05) is 0 Å². The summed E-state index contributed by atoms with van der Waals surface area (Å²) < 4.78 is 3.99. The molecular formula is C15H24N6. The standard InChI is InChI=1S/C15H24N6/c1-12(2)16-9-15-17-11-20(19-15)10-13-7-8-21(18-13)14-5-3-4-6-14/h7-8,11-12,14,16H,3-6,9-10H2,1-2H3. The van der Waals surface area contributed by atoms with Gasteiger partial charge in [-0.15, -0.1) is 0 Å². The van der Waals surface area contributed by atoms with E-state index in [0.717, 1.165) is 11.5 Å². The van der Waals surface area contributed by atoms with Crippen LogP contribution in [0.5, 0.6) is 0 Å². The van der Waals surface area contributed by atoms with Crippen LogP contribution in [0.4, 0.5) is 0 Å². The summed E-state index contributed by atoms with van der Waals surface area (Å²) in [5, 5.41) is 12.5. The Morgan fingerprint density at radius 1 is 1.29 bits per heavy atom. The van der Waals surface area contributed by atoms with E-state index in [1.54, 1.807) is 6.33 Å². The third kappa shape index (κ3) is 3.69. The molecule has 6 heteroatoms. The highest BCUT2D eigenvalue weighted by molar-refractivity contribution is 5.01. The smallest absolute Gasteiger partial charge is 0.164 e. The molecule has 0 saturated heterocycles. The Labute approximate surface area is 125 Å². The first-order valence-electron chi connectivity index (χ1n) is 7.86. The zero-order chi connectivity index (χ0) is 14.7. The lowest BCUT2D eigenvalue weighted by Gasteiger charge is -2.08. The molecule has 1 aliphatic rings. The molecule has 0 amide bonds. The predicted octanol–water partition coefficient (Wildman–Crippen LogP) is 2.14. The third-order valence-electron chi connectivity index (χ3n) is 3.94. The van der Waals surface area contributed by atoms with Crippen molar-refractivity contribution in [3.05, 3.63) is 30.1 Å². The van der Waals surface area contributed by atoms with E-state index in [-0.39, 0.29) is 0 Å². The Kier molecular flexibility index (Phi) is 4.34. The first kappa shape index (κ1) is 14.3. The monoisotopic (exact) mass is 288 g/mol. The average Bonchev–Trinajstić information content (AvgIpc) is 3.18. The number of aromatic nitrogens is 5. The molecular weight excluding hydrogens is 264 g/mol. The SMILES string of the molecule is CC(C)NCc1ncn(Cc2ccn(C3CCCC3)n2)n1. The number of rotatable bonds is 6. The van der Waals surface area contributed by atoms with E-state index in [0.29, 0.717) is 25.2 Å². The molecule has 2 heterocycles. The molecule has 0 bridgehead atoms. The Balaban J connectivity index is 1.58. The lowest BCUT2D eigenvalue weighted by molar-refractivity contribution is 0.460. The van der Waals surface area contributed by atoms with Crippen LogP contribution >= 0.6 is 0 Å². The Morgan fingerprint density at radius 3 is 2.86 bits per heavy atom.